The van der Waals surface area contributed by atoms with Crippen LogP contribution in [0.2, 0.25) is 0 Å². The number of hydrogen-bond acceptors (Lipinski definition) is 3. The van der Waals surface area contributed by atoms with E-state index < -0.39 is 0 Å². The van der Waals surface area contributed by atoms with E-state index in [-0.39, 0.29) is 38.7 Å². The number of aryl methyl sites for hydroxylation is 4. The van der Waals surface area contributed by atoms with Gasteiger partial charge in [0, 0.05) is 88.4 Å². The predicted octanol–water partition coefficient (Wildman–Crippen LogP) is 7.14. The summed E-state index contributed by atoms with van der Waals surface area (Å²) in [6.07, 6.45) is 0. The molecule has 0 bridgehead atoms. The summed E-state index contributed by atoms with van der Waals surface area (Å²) in [4.78, 5) is 10.9. The van der Waals surface area contributed by atoms with Crippen molar-refractivity contribution in [2.24, 2.45) is 0 Å². The van der Waals surface area contributed by atoms with Crippen LogP contribution in [0.5, 0.6) is 11.5 Å². The number of ether oxygens (including phenoxy) is 2. The van der Waals surface area contributed by atoms with Crippen molar-refractivity contribution in [3.63, 3.8) is 0 Å². The first-order chi connectivity index (χ1) is 13.0. The van der Waals surface area contributed by atoms with Crippen molar-refractivity contribution in [2.75, 3.05) is 7.11 Å². The maximum absolute atomic E-state index is 10.9. The number of halogens is 2. The summed E-state index contributed by atoms with van der Waals surface area (Å²) in [5, 5.41) is 0. The van der Waals surface area contributed by atoms with Crippen LogP contribution in [-0.4, -0.2) is 13.1 Å². The molecule has 6 heteroatoms. The molecule has 2 aromatic carbocycles. The van der Waals surface area contributed by atoms with E-state index in [1.165, 1.54) is 29.2 Å². The Balaban J connectivity index is 0. The van der Waals surface area contributed by atoms with E-state index in [1.54, 1.807) is 7.11 Å². The largest absolute Gasteiger partial charge is 0.522 e. The van der Waals surface area contributed by atoms with Gasteiger partial charge in [0.25, 0.3) is 0 Å². The molecule has 0 aliphatic carbocycles. The van der Waals surface area contributed by atoms with Crippen molar-refractivity contribution in [2.45, 2.75) is 62.3 Å². The Labute approximate surface area is 225 Å². The van der Waals surface area contributed by atoms with Crippen molar-refractivity contribution < 1.29 is 47.0 Å². The van der Waals surface area contributed by atoms with Crippen LogP contribution in [-0.2, 0) is 37.5 Å². The fourth-order valence-corrected chi connectivity index (χ4v) is 2.78. The molecule has 0 saturated carbocycles. The van der Waals surface area contributed by atoms with Crippen LogP contribution in [0.1, 0.15) is 51.4 Å². The van der Waals surface area contributed by atoms with E-state index in [0.717, 1.165) is 28.0 Å². The molecule has 0 heterocycles. The van der Waals surface area contributed by atoms with Gasteiger partial charge in [-0.1, -0.05) is 55.4 Å². The van der Waals surface area contributed by atoms with Crippen molar-refractivity contribution in [1.29, 1.82) is 0 Å². The van der Waals surface area contributed by atoms with Gasteiger partial charge in [0.05, 0.1) is 7.11 Å². The first-order valence-electron chi connectivity index (χ1n) is 8.87. The second kappa shape index (κ2) is 15.1. The van der Waals surface area contributed by atoms with Crippen LogP contribution in [0.3, 0.4) is 0 Å². The van der Waals surface area contributed by atoms with Gasteiger partial charge in [-0.3, -0.25) is 4.79 Å². The van der Waals surface area contributed by atoms with Crippen LogP contribution in [0.25, 0.3) is 0 Å². The number of esters is 1. The molecule has 0 aliphatic rings. The Hall–Kier alpha value is 0.274. The molecule has 29 heavy (non-hydrogen) atoms. The van der Waals surface area contributed by atoms with Gasteiger partial charge in [-0.25, -0.2) is 0 Å². The fraction of sp³-hybridized carbons (Fsp3) is 0.435. The molecule has 0 amide bonds. The van der Waals surface area contributed by atoms with Gasteiger partial charge in [0.1, 0.15) is 0 Å². The average molecular weight is 697 g/mol. The van der Waals surface area contributed by atoms with Gasteiger partial charge in [0.15, 0.2) is 0 Å². The first-order valence-corrected chi connectivity index (χ1v) is 15.2. The van der Waals surface area contributed by atoms with Crippen molar-refractivity contribution in [3.05, 3.63) is 56.6 Å². The molecule has 1 radical (unpaired) electrons. The molecule has 0 fully saturated rings. The fourth-order valence-electron chi connectivity index (χ4n) is 2.78. The van der Waals surface area contributed by atoms with Gasteiger partial charge >= 0.3 is 5.97 Å². The van der Waals surface area contributed by atoms with Crippen molar-refractivity contribution in [1.82, 2.24) is 0 Å². The van der Waals surface area contributed by atoms with Crippen LogP contribution >= 0.6 is 37.2 Å². The summed E-state index contributed by atoms with van der Waals surface area (Å²) < 4.78 is 10.5. The van der Waals surface area contributed by atoms with E-state index in [4.69, 9.17) is 9.47 Å². The van der Waals surface area contributed by atoms with Gasteiger partial charge in [-0.2, -0.15) is 34.4 Å². The SMILES string of the molecule is CC(=O)Oc1c(C)c(C)[c-]c(C)c1C.COc1c(C)c(C)[c-]c(C)c1C.II.[Y]. The summed E-state index contributed by atoms with van der Waals surface area (Å²) in [7, 11) is 1.72. The maximum atomic E-state index is 10.9. The average Bonchev–Trinajstić information content (AvgIpc) is 2.64. The van der Waals surface area contributed by atoms with Crippen LogP contribution in [0.4, 0.5) is 0 Å². The van der Waals surface area contributed by atoms with E-state index >= 15 is 0 Å². The minimum atomic E-state index is -0.277. The summed E-state index contributed by atoms with van der Waals surface area (Å²) in [5.74, 6) is 1.41. The van der Waals surface area contributed by atoms with Crippen molar-refractivity contribution >= 4 is 43.2 Å². The Bertz CT molecular complexity index is 781. The third-order valence-electron chi connectivity index (χ3n) is 4.81. The molecule has 3 nitrogen and oxygen atoms in total. The third-order valence-corrected chi connectivity index (χ3v) is 4.81. The number of benzene rings is 2. The van der Waals surface area contributed by atoms with E-state index in [0.29, 0.717) is 5.75 Å². The molecule has 0 N–H and O–H groups in total. The first kappa shape index (κ1) is 31.5. The summed E-state index contributed by atoms with van der Waals surface area (Å²) >= 11 is 4.24. The van der Waals surface area contributed by atoms with Gasteiger partial charge in [-0.05, 0) is 0 Å². The van der Waals surface area contributed by atoms with Gasteiger partial charge in [-0.15, -0.1) is 22.3 Å². The molecule has 2 aromatic rings. The molecule has 159 valence electrons. The second-order valence-corrected chi connectivity index (χ2v) is 6.71. The topological polar surface area (TPSA) is 35.5 Å². The molecule has 0 aliphatic heterocycles. The molecule has 0 unspecified atom stereocenters. The zero-order valence-corrected chi connectivity index (χ0v) is 26.2. The standard InChI is InChI=1S/C12H15O2.C11H15O.I2.Y/c1-7-6-8(2)10(4)12(9(7)3)14-11(5)13;1-7-6-8(2)10(4)11(12-5)9(7)3;1-2;/h1-5H3;1-5H3;;/q2*-1;;. The molecule has 2 rings (SSSR count). The quantitative estimate of drug-likeness (QED) is 0.145. The third kappa shape index (κ3) is 9.12. The van der Waals surface area contributed by atoms with E-state index in [1.807, 2.05) is 27.7 Å². The van der Waals surface area contributed by atoms with E-state index in [2.05, 4.69) is 77.1 Å². The van der Waals surface area contributed by atoms with Crippen LogP contribution < -0.4 is 9.47 Å². The number of carbonyl (C=O) groups is 1. The van der Waals surface area contributed by atoms with Crippen LogP contribution in [0.15, 0.2) is 0 Å². The molecular formula is C23H30I2O3Y-2. The number of rotatable bonds is 2. The molecule has 0 atom stereocenters. The van der Waals surface area contributed by atoms with Crippen molar-refractivity contribution in [3.8, 4) is 11.5 Å². The Morgan fingerprint density at radius 2 is 0.966 bits per heavy atom. The van der Waals surface area contributed by atoms with E-state index in [9.17, 15) is 4.79 Å². The molecule has 0 saturated heterocycles. The molecule has 0 spiro atoms. The molecule has 0 aromatic heterocycles. The zero-order valence-electron chi connectivity index (χ0n) is 19.1. The summed E-state index contributed by atoms with van der Waals surface area (Å²) in [5.41, 5.74) is 8.78. The Morgan fingerprint density at radius 3 is 1.21 bits per heavy atom. The Morgan fingerprint density at radius 1 is 0.690 bits per heavy atom. The summed E-state index contributed by atoms with van der Waals surface area (Å²) in [6, 6.07) is 6.53. The monoisotopic (exact) mass is 697 g/mol. The Kier molecular flexibility index (Phi) is 16.4. The van der Waals surface area contributed by atoms with Gasteiger partial charge in [0.2, 0.25) is 0 Å². The predicted molar refractivity (Wildman–Crippen MR) is 134 cm³/mol. The minimum absolute atomic E-state index is 0. The number of hydrogen-bond donors (Lipinski definition) is 0. The van der Waals surface area contributed by atoms with Gasteiger partial charge < -0.3 is 9.47 Å². The maximum Gasteiger partial charge on any atom is 0.305 e. The number of carbonyl (C=O) groups excluding carboxylic acids is 1. The minimum Gasteiger partial charge on any atom is -0.522 e. The normalized spacial score (nSPS) is 9.24. The zero-order chi connectivity index (χ0) is 22.2. The van der Waals surface area contributed by atoms with Crippen LogP contribution in [0, 0.1) is 67.5 Å². The second-order valence-electron chi connectivity index (χ2n) is 6.71. The number of methoxy groups -OCH3 is 1. The molecular weight excluding hydrogens is 667 g/mol. The smallest absolute Gasteiger partial charge is 0.305 e. The summed E-state index contributed by atoms with van der Waals surface area (Å²) in [6.45, 7) is 17.5.